The van der Waals surface area contributed by atoms with Crippen LogP contribution < -0.4 is 20.5 Å². The number of nitrogens with one attached hydrogen (secondary N) is 1. The predicted octanol–water partition coefficient (Wildman–Crippen LogP) is 9.00. The molecule has 63 heavy (non-hydrogen) atoms. The highest BCUT2D eigenvalue weighted by Crippen LogP contribution is 2.72. The highest BCUT2D eigenvalue weighted by molar-refractivity contribution is 7.44. The van der Waals surface area contributed by atoms with Crippen molar-refractivity contribution in [3.8, 4) is 17.6 Å². The van der Waals surface area contributed by atoms with Crippen LogP contribution in [0, 0.1) is 17.2 Å². The summed E-state index contributed by atoms with van der Waals surface area (Å²) in [6.45, 7) is 8.61. The van der Waals surface area contributed by atoms with Gasteiger partial charge >= 0.3 is 5.69 Å². The lowest BCUT2D eigenvalue weighted by Crippen LogP contribution is -2.49. The fourth-order valence-corrected chi connectivity index (χ4v) is 11.3. The van der Waals surface area contributed by atoms with Gasteiger partial charge in [0, 0.05) is 30.3 Å². The zero-order valence-corrected chi connectivity index (χ0v) is 37.4. The van der Waals surface area contributed by atoms with Gasteiger partial charge in [-0.15, -0.1) is 0 Å². The van der Waals surface area contributed by atoms with Gasteiger partial charge in [-0.25, -0.2) is 9.46 Å². The van der Waals surface area contributed by atoms with Crippen LogP contribution in [0.1, 0.15) is 86.7 Å². The Morgan fingerprint density at radius 2 is 1.46 bits per heavy atom. The second-order valence-electron chi connectivity index (χ2n) is 16.9. The van der Waals surface area contributed by atoms with Crippen LogP contribution in [0.15, 0.2) is 126 Å². The first-order valence-electron chi connectivity index (χ1n) is 21.4. The van der Waals surface area contributed by atoms with Crippen molar-refractivity contribution in [1.82, 2.24) is 14.2 Å². The maximum Gasteiger partial charge on any atom is 0.351 e. The molecule has 13 nitrogen and oxygen atoms in total. The van der Waals surface area contributed by atoms with Crippen LogP contribution in [0.2, 0.25) is 0 Å². The van der Waals surface area contributed by atoms with E-state index in [0.717, 1.165) is 16.7 Å². The normalized spacial score (nSPS) is 23.0. The van der Waals surface area contributed by atoms with Gasteiger partial charge in [-0.1, -0.05) is 72.8 Å². The van der Waals surface area contributed by atoms with Crippen LogP contribution >= 0.6 is 8.53 Å². The minimum Gasteiger partial charge on any atom is -0.497 e. The summed E-state index contributed by atoms with van der Waals surface area (Å²) < 4.78 is 44.0. The maximum atomic E-state index is 14.0. The van der Waals surface area contributed by atoms with Gasteiger partial charge in [0.2, 0.25) is 0 Å². The number of nitriles is 1. The Morgan fingerprint density at radius 3 is 2.02 bits per heavy atom. The summed E-state index contributed by atoms with van der Waals surface area (Å²) in [4.78, 5) is 31.3. The summed E-state index contributed by atoms with van der Waals surface area (Å²) in [5, 5.41) is 12.3. The fraction of sp³-hybridized carbons (Fsp3) is 0.388. The molecule has 8 rings (SSSR count). The molecule has 3 aliphatic rings. The molecule has 0 spiro atoms. The topological polar surface area (TPSA) is 146 Å². The van der Waals surface area contributed by atoms with Gasteiger partial charge in [0.1, 0.15) is 46.5 Å². The SMILES string of the molecule is COc1ccc(C(O[C@]23C[C@H]2C[C@]2(OP(OCCC#N)N(C(C)C)C(C)C)C[C@H](n4ccc(NC(=O)c5ccccc5)nc4=O)O[C@@H]23)(c2ccccc2)c2ccc(OC)cc2)cc1. The molecule has 3 fully saturated rings. The van der Waals surface area contributed by atoms with Crippen molar-refractivity contribution in [2.45, 2.75) is 94.6 Å². The van der Waals surface area contributed by atoms with Crippen molar-refractivity contribution in [1.29, 1.82) is 5.26 Å². The average molecular weight is 872 g/mol. The van der Waals surface area contributed by atoms with Gasteiger partial charge < -0.3 is 33.3 Å². The number of aromatic nitrogens is 2. The molecular weight excluding hydrogens is 818 g/mol. The maximum absolute atomic E-state index is 14.0. The molecule has 2 heterocycles. The zero-order valence-electron chi connectivity index (χ0n) is 36.5. The first-order valence-corrected chi connectivity index (χ1v) is 22.5. The van der Waals surface area contributed by atoms with Crippen molar-refractivity contribution >= 4 is 20.3 Å². The number of hydrogen-bond acceptors (Lipinski definition) is 11. The monoisotopic (exact) mass is 871 g/mol. The number of carbonyl (C=O) groups excluding carboxylic acids is 1. The van der Waals surface area contributed by atoms with E-state index < -0.39 is 43.4 Å². The molecule has 1 unspecified atom stereocenters. The number of anilines is 1. The van der Waals surface area contributed by atoms with E-state index in [-0.39, 0.29) is 42.8 Å². The number of rotatable bonds is 18. The van der Waals surface area contributed by atoms with Crippen LogP contribution in [-0.4, -0.2) is 70.3 Å². The number of nitrogens with zero attached hydrogens (tertiary/aromatic N) is 4. The third kappa shape index (κ3) is 8.52. The summed E-state index contributed by atoms with van der Waals surface area (Å²) in [6.07, 6.45) is 1.89. The van der Waals surface area contributed by atoms with Gasteiger partial charge in [-0.3, -0.25) is 9.36 Å². The van der Waals surface area contributed by atoms with Gasteiger partial charge in [0.15, 0.2) is 0 Å². The Kier molecular flexibility index (Phi) is 12.9. The molecule has 4 aromatic carbocycles. The number of hydrogen-bond donors (Lipinski definition) is 1. The molecule has 1 aliphatic heterocycles. The average Bonchev–Trinajstić information content (AvgIpc) is 3.72. The van der Waals surface area contributed by atoms with E-state index in [4.69, 9.17) is 28.0 Å². The van der Waals surface area contributed by atoms with Gasteiger partial charge in [-0.2, -0.15) is 10.2 Å². The molecule has 1 amide bonds. The summed E-state index contributed by atoms with van der Waals surface area (Å²) >= 11 is 0. The first-order chi connectivity index (χ1) is 30.5. The van der Waals surface area contributed by atoms with Gasteiger partial charge in [-0.05, 0) is 106 Å². The molecule has 328 valence electrons. The van der Waals surface area contributed by atoms with Gasteiger partial charge in [0.25, 0.3) is 14.4 Å². The zero-order chi connectivity index (χ0) is 44.4. The smallest absolute Gasteiger partial charge is 0.351 e. The van der Waals surface area contributed by atoms with E-state index in [2.05, 4.69) is 60.9 Å². The summed E-state index contributed by atoms with van der Waals surface area (Å²) in [5.74, 6) is 1.20. The third-order valence-electron chi connectivity index (χ3n) is 12.3. The molecule has 2 saturated carbocycles. The van der Waals surface area contributed by atoms with Crippen LogP contribution in [0.5, 0.6) is 11.5 Å². The minimum absolute atomic E-state index is 0.0240. The number of ether oxygens (including phenoxy) is 4. The van der Waals surface area contributed by atoms with Crippen molar-refractivity contribution < 1.29 is 32.8 Å². The molecule has 5 aromatic rings. The molecule has 0 bridgehead atoms. The van der Waals surface area contributed by atoms with Crippen LogP contribution in [0.4, 0.5) is 5.82 Å². The van der Waals surface area contributed by atoms with E-state index in [1.165, 1.54) is 4.57 Å². The number of benzene rings is 4. The second kappa shape index (κ2) is 18.3. The third-order valence-corrected chi connectivity index (χ3v) is 14.5. The molecule has 14 heteroatoms. The molecule has 6 atom stereocenters. The molecule has 1 aromatic heterocycles. The summed E-state index contributed by atoms with van der Waals surface area (Å²) in [5.41, 5.74) is -0.483. The number of fused-ring (bicyclic) bond motifs is 3. The van der Waals surface area contributed by atoms with E-state index >= 15 is 0 Å². The number of amides is 1. The molecule has 2 aliphatic carbocycles. The second-order valence-corrected chi connectivity index (χ2v) is 18.2. The fourth-order valence-electron chi connectivity index (χ4n) is 9.46. The van der Waals surface area contributed by atoms with Crippen molar-refractivity contribution in [2.75, 3.05) is 26.1 Å². The minimum atomic E-state index is -1.73. The Labute approximate surface area is 369 Å². The lowest BCUT2D eigenvalue weighted by Gasteiger charge is -2.44. The van der Waals surface area contributed by atoms with Crippen LogP contribution in [-0.2, 0) is 24.1 Å². The van der Waals surface area contributed by atoms with E-state index in [1.54, 1.807) is 50.7 Å². The van der Waals surface area contributed by atoms with Crippen molar-refractivity contribution in [2.24, 2.45) is 5.92 Å². The van der Waals surface area contributed by atoms with Crippen LogP contribution in [0.25, 0.3) is 0 Å². The predicted molar refractivity (Wildman–Crippen MR) is 239 cm³/mol. The highest BCUT2D eigenvalue weighted by atomic mass is 31.2. The van der Waals surface area contributed by atoms with Crippen molar-refractivity contribution in [3.63, 3.8) is 0 Å². The Morgan fingerprint density at radius 1 is 0.873 bits per heavy atom. The quantitative estimate of drug-likeness (QED) is 0.0511. The lowest BCUT2D eigenvalue weighted by molar-refractivity contribution is -0.161. The van der Waals surface area contributed by atoms with E-state index in [0.29, 0.717) is 36.3 Å². The largest absolute Gasteiger partial charge is 0.497 e. The summed E-state index contributed by atoms with van der Waals surface area (Å²) in [6, 6.07) is 38.7. The highest BCUT2D eigenvalue weighted by Gasteiger charge is 2.79. The molecular formula is C49H54N5O8P. The Hall–Kier alpha value is -5.45. The number of methoxy groups -OCH3 is 2. The van der Waals surface area contributed by atoms with E-state index in [9.17, 15) is 14.9 Å². The molecule has 1 saturated heterocycles. The van der Waals surface area contributed by atoms with Gasteiger partial charge in [0.05, 0.1) is 33.3 Å². The number of carbonyl (C=O) groups is 1. The summed E-state index contributed by atoms with van der Waals surface area (Å²) in [7, 11) is 1.56. The van der Waals surface area contributed by atoms with Crippen LogP contribution in [0.3, 0.4) is 0 Å². The van der Waals surface area contributed by atoms with E-state index in [1.807, 2.05) is 72.8 Å². The Bertz CT molecular complexity index is 2410. The Balaban J connectivity index is 1.23. The van der Waals surface area contributed by atoms with Crippen molar-refractivity contribution in [3.05, 3.63) is 154 Å². The lowest BCUT2D eigenvalue weighted by atomic mass is 9.79. The molecule has 0 radical (unpaired) electrons. The standard InChI is InChI=1S/C49H54N5O8P/c1-33(2)54(34(3)4)63(59-29-13-27-50)62-47-30-39-31-48(39,45(47)60-43(32-47)53-28-26-42(52-46(53)56)51-44(55)35-14-9-7-10-15-35)61-49(36-16-11-8-12-17-36,37-18-22-40(57-5)23-19-37)38-20-24-41(58-6)25-21-38/h7-12,14-26,28,33-34,39,43,45H,13,29-32H2,1-6H3,(H,51,52,55,56)/t39-,43-,45+,47+,48-,63?/m1/s1. The molecule has 1 N–H and O–H groups in total. The first kappa shape index (κ1) is 44.2.